The van der Waals surface area contributed by atoms with Crippen LogP contribution in [0.25, 0.3) is 0 Å². The molecule has 26 heavy (non-hydrogen) atoms. The molecule has 1 aromatic carbocycles. The van der Waals surface area contributed by atoms with E-state index in [1.807, 2.05) is 10.9 Å². The van der Waals surface area contributed by atoms with Crippen LogP contribution in [0.2, 0.25) is 5.02 Å². The zero-order valence-electron chi connectivity index (χ0n) is 13.4. The van der Waals surface area contributed by atoms with E-state index in [4.69, 9.17) is 16.0 Å². The van der Waals surface area contributed by atoms with Crippen LogP contribution in [-0.4, -0.2) is 30.2 Å². The fourth-order valence-electron chi connectivity index (χ4n) is 1.78. The molecule has 0 aliphatic heterocycles. The van der Waals surface area contributed by atoms with E-state index in [1.54, 1.807) is 24.3 Å². The first-order chi connectivity index (χ1) is 12.5. The van der Waals surface area contributed by atoms with Crippen LogP contribution in [0.3, 0.4) is 0 Å². The molecule has 0 unspecified atom stereocenters. The van der Waals surface area contributed by atoms with Gasteiger partial charge in [0, 0.05) is 10.6 Å². The van der Waals surface area contributed by atoms with Crippen molar-refractivity contribution in [3.63, 3.8) is 0 Å². The fraction of sp³-hybridized carbons (Fsp3) is 0.125. The molecule has 2 aromatic rings. The number of hydrazine groups is 1. The lowest BCUT2D eigenvalue weighted by Gasteiger charge is -2.08. The monoisotopic (exact) mass is 378 g/mol. The standard InChI is InChI=1S/C16H15ClN4O5/c17-11-4-1-3-10(7-11)14(23)19-9-13(22)20-21-16(25)15(24)18-8-12-5-2-6-26-12/h1-7H,8-9H2,(H,18,24)(H,19,23)(H,20,22)(H,21,25). The maximum Gasteiger partial charge on any atom is 0.327 e. The molecule has 9 nitrogen and oxygen atoms in total. The molecule has 0 spiro atoms. The Morgan fingerprint density at radius 1 is 0.962 bits per heavy atom. The van der Waals surface area contributed by atoms with Crippen molar-refractivity contribution in [3.05, 3.63) is 59.0 Å². The molecule has 0 bridgehead atoms. The van der Waals surface area contributed by atoms with Crippen LogP contribution in [0.5, 0.6) is 0 Å². The van der Waals surface area contributed by atoms with Crippen molar-refractivity contribution in [2.75, 3.05) is 6.54 Å². The summed E-state index contributed by atoms with van der Waals surface area (Å²) in [6, 6.07) is 9.45. The summed E-state index contributed by atoms with van der Waals surface area (Å²) >= 11 is 5.77. The number of amides is 4. The molecular weight excluding hydrogens is 364 g/mol. The molecule has 4 N–H and O–H groups in total. The number of carbonyl (C=O) groups excluding carboxylic acids is 4. The van der Waals surface area contributed by atoms with Crippen molar-refractivity contribution < 1.29 is 23.6 Å². The SMILES string of the molecule is O=C(CNC(=O)c1cccc(Cl)c1)NNC(=O)C(=O)NCc1ccco1. The molecule has 136 valence electrons. The highest BCUT2D eigenvalue weighted by molar-refractivity contribution is 6.35. The molecular formula is C16H15ClN4O5. The highest BCUT2D eigenvalue weighted by Gasteiger charge is 2.15. The van der Waals surface area contributed by atoms with Crippen molar-refractivity contribution in [3.8, 4) is 0 Å². The van der Waals surface area contributed by atoms with Gasteiger partial charge in [0.05, 0.1) is 19.4 Å². The van der Waals surface area contributed by atoms with Gasteiger partial charge < -0.3 is 15.1 Å². The van der Waals surface area contributed by atoms with E-state index in [2.05, 4.69) is 10.6 Å². The summed E-state index contributed by atoms with van der Waals surface area (Å²) < 4.78 is 5.00. The zero-order chi connectivity index (χ0) is 18.9. The molecule has 0 radical (unpaired) electrons. The molecule has 10 heteroatoms. The van der Waals surface area contributed by atoms with E-state index in [1.165, 1.54) is 18.4 Å². The Morgan fingerprint density at radius 2 is 1.77 bits per heavy atom. The average Bonchev–Trinajstić information content (AvgIpc) is 3.15. The number of carbonyl (C=O) groups is 4. The second-order valence-corrected chi connectivity index (χ2v) is 5.39. The molecule has 4 amide bonds. The van der Waals surface area contributed by atoms with Crippen LogP contribution >= 0.6 is 11.6 Å². The molecule has 0 saturated carbocycles. The smallest absolute Gasteiger partial charge is 0.327 e. The molecule has 0 fully saturated rings. The summed E-state index contributed by atoms with van der Waals surface area (Å²) in [7, 11) is 0. The third kappa shape index (κ3) is 5.95. The van der Waals surface area contributed by atoms with E-state index in [0.717, 1.165) is 0 Å². The van der Waals surface area contributed by atoms with Gasteiger partial charge in [-0.1, -0.05) is 17.7 Å². The largest absolute Gasteiger partial charge is 0.467 e. The minimum atomic E-state index is -1.06. The van der Waals surface area contributed by atoms with Crippen LogP contribution < -0.4 is 21.5 Å². The quantitative estimate of drug-likeness (QED) is 0.434. The second-order valence-electron chi connectivity index (χ2n) is 4.96. The van der Waals surface area contributed by atoms with Gasteiger partial charge in [-0.2, -0.15) is 0 Å². The van der Waals surface area contributed by atoms with Gasteiger partial charge in [-0.3, -0.25) is 30.0 Å². The van der Waals surface area contributed by atoms with E-state index in [-0.39, 0.29) is 12.1 Å². The Balaban J connectivity index is 1.68. The number of nitrogens with one attached hydrogen (secondary N) is 4. The Morgan fingerprint density at radius 3 is 2.46 bits per heavy atom. The molecule has 0 aliphatic rings. The lowest BCUT2D eigenvalue weighted by atomic mass is 10.2. The van der Waals surface area contributed by atoms with Gasteiger partial charge >= 0.3 is 11.8 Å². The van der Waals surface area contributed by atoms with Crippen LogP contribution in [0.15, 0.2) is 47.1 Å². The summed E-state index contributed by atoms with van der Waals surface area (Å²) in [5, 5.41) is 5.04. The van der Waals surface area contributed by atoms with Crippen LogP contribution in [0.4, 0.5) is 0 Å². The summed E-state index contributed by atoms with van der Waals surface area (Å²) in [5.74, 6) is -2.77. The number of hydrogen-bond donors (Lipinski definition) is 4. The van der Waals surface area contributed by atoms with E-state index in [9.17, 15) is 19.2 Å². The van der Waals surface area contributed by atoms with Gasteiger partial charge in [0.2, 0.25) is 0 Å². The molecule has 0 saturated heterocycles. The fourth-order valence-corrected chi connectivity index (χ4v) is 1.97. The zero-order valence-corrected chi connectivity index (χ0v) is 14.1. The Kier molecular flexibility index (Phi) is 6.75. The molecule has 0 atom stereocenters. The number of benzene rings is 1. The Bertz CT molecular complexity index is 807. The van der Waals surface area contributed by atoms with Crippen molar-refractivity contribution in [1.82, 2.24) is 21.5 Å². The number of halogens is 1. The number of hydrogen-bond acceptors (Lipinski definition) is 5. The normalized spacial score (nSPS) is 9.88. The van der Waals surface area contributed by atoms with Gasteiger partial charge in [0.15, 0.2) is 0 Å². The predicted molar refractivity (Wildman–Crippen MR) is 90.6 cm³/mol. The highest BCUT2D eigenvalue weighted by atomic mass is 35.5. The first-order valence-electron chi connectivity index (χ1n) is 7.39. The van der Waals surface area contributed by atoms with Crippen molar-refractivity contribution in [2.24, 2.45) is 0 Å². The van der Waals surface area contributed by atoms with Crippen molar-refractivity contribution >= 4 is 35.2 Å². The van der Waals surface area contributed by atoms with Crippen LogP contribution in [-0.2, 0) is 20.9 Å². The summed E-state index contributed by atoms with van der Waals surface area (Å²) in [4.78, 5) is 46.5. The maximum atomic E-state index is 11.8. The summed E-state index contributed by atoms with van der Waals surface area (Å²) in [5.41, 5.74) is 4.23. The number of furan rings is 1. The van der Waals surface area contributed by atoms with E-state index >= 15 is 0 Å². The van der Waals surface area contributed by atoms with Gasteiger partial charge in [-0.05, 0) is 30.3 Å². The van der Waals surface area contributed by atoms with Gasteiger partial charge in [-0.15, -0.1) is 0 Å². The van der Waals surface area contributed by atoms with Crippen LogP contribution in [0, 0.1) is 0 Å². The first kappa shape index (κ1) is 19.0. The minimum Gasteiger partial charge on any atom is -0.467 e. The van der Waals surface area contributed by atoms with Crippen molar-refractivity contribution in [1.29, 1.82) is 0 Å². The molecule has 1 aromatic heterocycles. The van der Waals surface area contributed by atoms with Crippen molar-refractivity contribution in [2.45, 2.75) is 6.54 Å². The van der Waals surface area contributed by atoms with Crippen LogP contribution in [0.1, 0.15) is 16.1 Å². The number of rotatable bonds is 5. The lowest BCUT2D eigenvalue weighted by Crippen LogP contribution is -2.50. The minimum absolute atomic E-state index is 0.0306. The first-order valence-corrected chi connectivity index (χ1v) is 7.76. The highest BCUT2D eigenvalue weighted by Crippen LogP contribution is 2.10. The molecule has 0 aliphatic carbocycles. The summed E-state index contributed by atoms with van der Waals surface area (Å²) in [6.07, 6.45) is 1.43. The molecule has 1 heterocycles. The predicted octanol–water partition coefficient (Wildman–Crippen LogP) is 0.127. The molecule has 2 rings (SSSR count). The van der Waals surface area contributed by atoms with E-state index < -0.39 is 30.2 Å². The topological polar surface area (TPSA) is 130 Å². The van der Waals surface area contributed by atoms with Gasteiger partial charge in [-0.25, -0.2) is 0 Å². The summed E-state index contributed by atoms with van der Waals surface area (Å²) in [6.45, 7) is -0.372. The van der Waals surface area contributed by atoms with E-state index in [0.29, 0.717) is 10.8 Å². The third-order valence-corrected chi connectivity index (χ3v) is 3.26. The lowest BCUT2D eigenvalue weighted by molar-refractivity contribution is -0.141. The average molecular weight is 379 g/mol. The second kappa shape index (κ2) is 9.23. The van der Waals surface area contributed by atoms with Gasteiger partial charge in [0.25, 0.3) is 11.8 Å². The maximum absolute atomic E-state index is 11.8. The third-order valence-electron chi connectivity index (χ3n) is 3.02. The van der Waals surface area contributed by atoms with Gasteiger partial charge in [0.1, 0.15) is 5.76 Å². The Labute approximate surface area is 153 Å². The Hall–Kier alpha value is -3.33.